The molecule has 0 bridgehead atoms. The number of aromatic nitrogens is 2. The summed E-state index contributed by atoms with van der Waals surface area (Å²) in [5.41, 5.74) is -0.0155. The minimum Gasteiger partial charge on any atom is -0.389 e. The number of aromatic amines is 1. The fourth-order valence-electron chi connectivity index (χ4n) is 1.53. The molecule has 7 heteroatoms. The molecule has 0 aromatic carbocycles. The van der Waals surface area contributed by atoms with Gasteiger partial charge in [0.25, 0.3) is 0 Å². The minimum absolute atomic E-state index is 0.219. The number of carbonyl (C=O) groups is 1. The molecule has 0 spiro atoms. The first kappa shape index (κ1) is 17.2. The molecule has 0 aliphatic rings. The van der Waals surface area contributed by atoms with Crippen LogP contribution in [0.15, 0.2) is 11.1 Å². The molecule has 1 aromatic rings. The van der Waals surface area contributed by atoms with E-state index in [2.05, 4.69) is 25.8 Å². The van der Waals surface area contributed by atoms with E-state index in [9.17, 15) is 9.90 Å². The predicted molar refractivity (Wildman–Crippen MR) is 83.1 cm³/mol. The van der Waals surface area contributed by atoms with Crippen LogP contribution in [0.4, 0.5) is 5.82 Å². The van der Waals surface area contributed by atoms with Crippen LogP contribution < -0.4 is 10.6 Å². The number of guanidine groups is 1. The van der Waals surface area contributed by atoms with E-state index in [4.69, 9.17) is 0 Å². The molecular weight excluding hydrogens is 270 g/mol. The molecule has 1 aromatic heterocycles. The number of rotatable bonds is 5. The van der Waals surface area contributed by atoms with Gasteiger partial charge in [-0.2, -0.15) is 10.1 Å². The summed E-state index contributed by atoms with van der Waals surface area (Å²) in [6.07, 6.45) is 0.370. The molecule has 0 saturated carbocycles. The summed E-state index contributed by atoms with van der Waals surface area (Å²) < 4.78 is 0. The Labute approximate surface area is 125 Å². The molecule has 21 heavy (non-hydrogen) atoms. The Morgan fingerprint density at radius 3 is 2.67 bits per heavy atom. The van der Waals surface area contributed by atoms with Crippen LogP contribution in [0.5, 0.6) is 0 Å². The number of aryl methyl sites for hydroxylation is 1. The maximum absolute atomic E-state index is 11.8. The van der Waals surface area contributed by atoms with Crippen molar-refractivity contribution in [1.82, 2.24) is 15.5 Å². The van der Waals surface area contributed by atoms with Crippen molar-refractivity contribution in [2.75, 3.05) is 11.9 Å². The summed E-state index contributed by atoms with van der Waals surface area (Å²) in [5.74, 6) is 0.869. The topological polar surface area (TPSA) is 102 Å². The van der Waals surface area contributed by atoms with Crippen LogP contribution in [0, 0.1) is 12.8 Å². The lowest BCUT2D eigenvalue weighted by Crippen LogP contribution is -2.41. The summed E-state index contributed by atoms with van der Waals surface area (Å²) >= 11 is 0. The Morgan fingerprint density at radius 2 is 2.19 bits per heavy atom. The molecule has 118 valence electrons. The van der Waals surface area contributed by atoms with Gasteiger partial charge in [0.1, 0.15) is 0 Å². The normalized spacial score (nSPS) is 12.6. The van der Waals surface area contributed by atoms with E-state index >= 15 is 0 Å². The molecule has 0 atom stereocenters. The van der Waals surface area contributed by atoms with Crippen molar-refractivity contribution in [3.05, 3.63) is 11.8 Å². The van der Waals surface area contributed by atoms with E-state index in [0.717, 1.165) is 5.69 Å². The van der Waals surface area contributed by atoms with Crippen LogP contribution in [0.25, 0.3) is 0 Å². The van der Waals surface area contributed by atoms with Gasteiger partial charge in [-0.3, -0.25) is 9.89 Å². The lowest BCUT2D eigenvalue weighted by atomic mass is 10.1. The number of H-pyrrole nitrogens is 1. The van der Waals surface area contributed by atoms with Gasteiger partial charge in [0, 0.05) is 24.7 Å². The van der Waals surface area contributed by atoms with Crippen molar-refractivity contribution in [3.63, 3.8) is 0 Å². The second-order valence-corrected chi connectivity index (χ2v) is 6.18. The van der Waals surface area contributed by atoms with Gasteiger partial charge in [-0.15, -0.1) is 0 Å². The third kappa shape index (κ3) is 7.45. The molecular formula is C14H25N5O2. The molecule has 0 radical (unpaired) electrons. The van der Waals surface area contributed by atoms with E-state index in [-0.39, 0.29) is 24.3 Å². The molecule has 1 heterocycles. The number of hydrogen-bond donors (Lipinski definition) is 4. The number of hydrogen-bond acceptors (Lipinski definition) is 3. The number of carbonyl (C=O) groups excluding carboxylic acids is 1. The average molecular weight is 295 g/mol. The van der Waals surface area contributed by atoms with Crippen molar-refractivity contribution >= 4 is 17.7 Å². The highest BCUT2D eigenvalue weighted by Crippen LogP contribution is 2.06. The zero-order valence-electron chi connectivity index (χ0n) is 13.3. The Balaban J connectivity index is 2.78. The monoisotopic (exact) mass is 295 g/mol. The van der Waals surface area contributed by atoms with Crippen molar-refractivity contribution in [3.8, 4) is 0 Å². The second-order valence-electron chi connectivity index (χ2n) is 6.18. The third-order valence-electron chi connectivity index (χ3n) is 2.46. The lowest BCUT2D eigenvalue weighted by Gasteiger charge is -2.19. The molecule has 0 fully saturated rings. The number of nitrogens with zero attached hydrogens (tertiary/aromatic N) is 2. The summed E-state index contributed by atoms with van der Waals surface area (Å²) in [6, 6.07) is 1.80. The van der Waals surface area contributed by atoms with Gasteiger partial charge in [0.05, 0.1) is 5.60 Å². The summed E-state index contributed by atoms with van der Waals surface area (Å²) in [4.78, 5) is 15.8. The molecule has 1 rings (SSSR count). The minimum atomic E-state index is -0.912. The highest BCUT2D eigenvalue weighted by Gasteiger charge is 2.15. The Hall–Kier alpha value is -1.89. The van der Waals surface area contributed by atoms with Crippen LogP contribution in [0.2, 0.25) is 0 Å². The van der Waals surface area contributed by atoms with Gasteiger partial charge in [-0.05, 0) is 26.7 Å². The summed E-state index contributed by atoms with van der Waals surface area (Å²) in [5, 5.41) is 22.5. The summed E-state index contributed by atoms with van der Waals surface area (Å²) in [6.45, 7) is 9.41. The van der Waals surface area contributed by atoms with Crippen LogP contribution in [0.3, 0.4) is 0 Å². The summed E-state index contributed by atoms with van der Waals surface area (Å²) in [7, 11) is 0. The van der Waals surface area contributed by atoms with Crippen LogP contribution in [0.1, 0.15) is 39.8 Å². The highest BCUT2D eigenvalue weighted by molar-refractivity contribution is 6.00. The quantitative estimate of drug-likeness (QED) is 0.486. The Kier molecular flexibility index (Phi) is 5.90. The number of anilines is 1. The second kappa shape index (κ2) is 7.21. The zero-order valence-corrected chi connectivity index (χ0v) is 13.3. The van der Waals surface area contributed by atoms with Crippen molar-refractivity contribution in [1.29, 1.82) is 0 Å². The first-order chi connectivity index (χ1) is 9.65. The van der Waals surface area contributed by atoms with Gasteiger partial charge in [-0.1, -0.05) is 13.8 Å². The average Bonchev–Trinajstić information content (AvgIpc) is 2.69. The Morgan fingerprint density at radius 1 is 1.52 bits per heavy atom. The van der Waals surface area contributed by atoms with Gasteiger partial charge in [0.15, 0.2) is 5.82 Å². The van der Waals surface area contributed by atoms with E-state index < -0.39 is 5.60 Å². The zero-order chi connectivity index (χ0) is 16.0. The van der Waals surface area contributed by atoms with Gasteiger partial charge < -0.3 is 15.7 Å². The molecule has 1 amide bonds. The third-order valence-corrected chi connectivity index (χ3v) is 2.46. The maximum atomic E-state index is 11.8. The fourth-order valence-corrected chi connectivity index (χ4v) is 1.53. The lowest BCUT2D eigenvalue weighted by molar-refractivity contribution is -0.118. The number of aliphatic hydroxyl groups is 1. The predicted octanol–water partition coefficient (Wildman–Crippen LogP) is 1.42. The largest absolute Gasteiger partial charge is 0.389 e. The SMILES string of the molecule is Cc1cc(N/C(=N\C(=O)CC(C)C)NCC(C)(C)O)n[nH]1. The molecule has 7 nitrogen and oxygen atoms in total. The van der Waals surface area contributed by atoms with Crippen LogP contribution >= 0.6 is 0 Å². The number of aliphatic imine (C=N–C) groups is 1. The molecule has 0 saturated heterocycles. The van der Waals surface area contributed by atoms with Gasteiger partial charge in [-0.25, -0.2) is 0 Å². The number of amides is 1. The van der Waals surface area contributed by atoms with E-state index in [1.54, 1.807) is 19.9 Å². The molecule has 0 aliphatic carbocycles. The molecule has 0 unspecified atom stereocenters. The highest BCUT2D eigenvalue weighted by atomic mass is 16.3. The molecule has 4 N–H and O–H groups in total. The van der Waals surface area contributed by atoms with Crippen LogP contribution in [-0.2, 0) is 4.79 Å². The Bertz CT molecular complexity index is 500. The van der Waals surface area contributed by atoms with Crippen molar-refractivity contribution in [2.45, 2.75) is 46.6 Å². The van der Waals surface area contributed by atoms with Crippen LogP contribution in [-0.4, -0.2) is 39.3 Å². The maximum Gasteiger partial charge on any atom is 0.249 e. The first-order valence-corrected chi connectivity index (χ1v) is 7.02. The van der Waals surface area contributed by atoms with E-state index in [0.29, 0.717) is 12.2 Å². The fraction of sp³-hybridized carbons (Fsp3) is 0.643. The van der Waals surface area contributed by atoms with Crippen molar-refractivity contribution < 1.29 is 9.90 Å². The van der Waals surface area contributed by atoms with E-state index in [1.807, 2.05) is 20.8 Å². The first-order valence-electron chi connectivity index (χ1n) is 7.02. The smallest absolute Gasteiger partial charge is 0.249 e. The number of nitrogens with one attached hydrogen (secondary N) is 3. The van der Waals surface area contributed by atoms with Crippen molar-refractivity contribution in [2.24, 2.45) is 10.9 Å². The van der Waals surface area contributed by atoms with E-state index in [1.165, 1.54) is 0 Å². The van der Waals surface area contributed by atoms with Gasteiger partial charge in [0.2, 0.25) is 11.9 Å². The van der Waals surface area contributed by atoms with Gasteiger partial charge >= 0.3 is 0 Å². The standard InChI is InChI=1S/C14H25N5O2/c1-9(2)6-12(20)17-13(15-8-14(4,5)21)16-11-7-10(3)18-19-11/h7,9,21H,6,8H2,1-5H3,(H3,15,16,17,18,19,20). The molecule has 0 aliphatic heterocycles.